The summed E-state index contributed by atoms with van der Waals surface area (Å²) in [6, 6.07) is 16.6. The molecule has 140 valence electrons. The van der Waals surface area contributed by atoms with E-state index in [9.17, 15) is 9.59 Å². The summed E-state index contributed by atoms with van der Waals surface area (Å²) in [6.07, 6.45) is 3.42. The summed E-state index contributed by atoms with van der Waals surface area (Å²) in [5.74, 6) is -0.0863. The number of anilines is 1. The van der Waals surface area contributed by atoms with Gasteiger partial charge in [-0.3, -0.25) is 9.59 Å². The van der Waals surface area contributed by atoms with Crippen molar-refractivity contribution in [1.29, 1.82) is 0 Å². The molecule has 6 heteroatoms. The van der Waals surface area contributed by atoms with Gasteiger partial charge < -0.3 is 16.0 Å². The predicted molar refractivity (Wildman–Crippen MR) is 107 cm³/mol. The molecule has 2 heterocycles. The second-order valence-electron chi connectivity index (χ2n) is 7.20. The molecule has 3 atom stereocenters. The van der Waals surface area contributed by atoms with Crippen LogP contribution < -0.4 is 16.0 Å². The first kappa shape index (κ1) is 18.1. The number of carbonyl (C=O) groups is 2. The predicted octanol–water partition coefficient (Wildman–Crippen LogP) is 3.42. The average Bonchev–Trinajstić information content (AvgIpc) is 3.25. The van der Waals surface area contributed by atoms with E-state index in [4.69, 9.17) is 0 Å². The van der Waals surface area contributed by atoms with Crippen molar-refractivity contribution in [3.05, 3.63) is 54.1 Å². The van der Waals surface area contributed by atoms with Crippen LogP contribution in [0.25, 0.3) is 0 Å². The van der Waals surface area contributed by atoms with Gasteiger partial charge in [-0.25, -0.2) is 0 Å². The Balaban J connectivity index is 1.37. The standard InChI is InChI=1S/C21H23N3O2S/c1-13(25)22-15-3-2-4-18(11-15)27-17-8-5-14(6-9-17)21(26)24-20-12-16-7-10-19(20)23-16/h2-6,8-9,11,16,19-20,23H,7,10,12H2,1H3,(H,22,25)(H,24,26). The van der Waals surface area contributed by atoms with E-state index in [1.165, 1.54) is 13.3 Å². The highest BCUT2D eigenvalue weighted by Crippen LogP contribution is 2.30. The molecule has 4 rings (SSSR count). The molecular weight excluding hydrogens is 358 g/mol. The molecule has 2 aromatic carbocycles. The molecular formula is C21H23N3O2S. The first-order valence-electron chi connectivity index (χ1n) is 9.29. The van der Waals surface area contributed by atoms with Crippen molar-refractivity contribution in [2.45, 2.75) is 54.1 Å². The monoisotopic (exact) mass is 381 g/mol. The number of hydrogen-bond donors (Lipinski definition) is 3. The second-order valence-corrected chi connectivity index (χ2v) is 8.35. The Kier molecular flexibility index (Phi) is 5.18. The molecule has 0 radical (unpaired) electrons. The lowest BCUT2D eigenvalue weighted by molar-refractivity contribution is -0.114. The first-order valence-corrected chi connectivity index (χ1v) is 10.1. The highest BCUT2D eigenvalue weighted by Gasteiger charge is 2.39. The Hall–Kier alpha value is -2.31. The Labute approximate surface area is 163 Å². The van der Waals surface area contributed by atoms with Crippen molar-refractivity contribution >= 4 is 29.3 Å². The van der Waals surface area contributed by atoms with Crippen LogP contribution in [0.2, 0.25) is 0 Å². The first-order chi connectivity index (χ1) is 13.1. The Bertz CT molecular complexity index is 853. The lowest BCUT2D eigenvalue weighted by atomic mass is 9.95. The number of hydrogen-bond acceptors (Lipinski definition) is 4. The molecule has 0 spiro atoms. The lowest BCUT2D eigenvalue weighted by Gasteiger charge is -2.21. The third-order valence-corrected chi connectivity index (χ3v) is 6.12. The van der Waals surface area contributed by atoms with Gasteiger partial charge in [0.05, 0.1) is 0 Å². The Morgan fingerprint density at radius 2 is 1.89 bits per heavy atom. The molecule has 2 bridgehead atoms. The summed E-state index contributed by atoms with van der Waals surface area (Å²) in [6.45, 7) is 1.50. The minimum absolute atomic E-state index is 0.00134. The summed E-state index contributed by atoms with van der Waals surface area (Å²) in [5.41, 5.74) is 1.47. The van der Waals surface area contributed by atoms with Gasteiger partial charge in [0.2, 0.25) is 5.91 Å². The SMILES string of the molecule is CC(=O)Nc1cccc(Sc2ccc(C(=O)NC3CC4CCC3N4)cc2)c1. The van der Waals surface area contributed by atoms with Gasteiger partial charge in [-0.05, 0) is 61.7 Å². The van der Waals surface area contributed by atoms with Crippen molar-refractivity contribution < 1.29 is 9.59 Å². The van der Waals surface area contributed by atoms with Crippen LogP contribution in [0.5, 0.6) is 0 Å². The second kappa shape index (κ2) is 7.74. The van der Waals surface area contributed by atoms with E-state index in [0.717, 1.165) is 28.3 Å². The average molecular weight is 382 g/mol. The summed E-state index contributed by atoms with van der Waals surface area (Å²) < 4.78 is 0. The number of benzene rings is 2. The van der Waals surface area contributed by atoms with Crippen LogP contribution >= 0.6 is 11.8 Å². The molecule has 3 unspecified atom stereocenters. The van der Waals surface area contributed by atoms with Gasteiger partial charge in [-0.1, -0.05) is 17.8 Å². The normalized spacial score (nSPS) is 23.2. The van der Waals surface area contributed by atoms with Gasteiger partial charge in [0.1, 0.15) is 0 Å². The molecule has 2 fully saturated rings. The van der Waals surface area contributed by atoms with E-state index in [0.29, 0.717) is 17.6 Å². The minimum atomic E-state index is -0.0850. The molecule has 3 N–H and O–H groups in total. The summed E-state index contributed by atoms with van der Waals surface area (Å²) in [7, 11) is 0. The van der Waals surface area contributed by atoms with Crippen LogP contribution in [0.15, 0.2) is 58.3 Å². The highest BCUT2D eigenvalue weighted by molar-refractivity contribution is 7.99. The number of amides is 2. The van der Waals surface area contributed by atoms with Crippen LogP contribution in [0.3, 0.4) is 0 Å². The highest BCUT2D eigenvalue weighted by atomic mass is 32.2. The smallest absolute Gasteiger partial charge is 0.251 e. The molecule has 2 aromatic rings. The van der Waals surface area contributed by atoms with Gasteiger partial charge in [0.15, 0.2) is 0 Å². The van der Waals surface area contributed by atoms with Gasteiger partial charge >= 0.3 is 0 Å². The quantitative estimate of drug-likeness (QED) is 0.742. The van der Waals surface area contributed by atoms with Gasteiger partial charge in [-0.2, -0.15) is 0 Å². The van der Waals surface area contributed by atoms with Crippen LogP contribution in [-0.2, 0) is 4.79 Å². The van der Waals surface area contributed by atoms with E-state index in [-0.39, 0.29) is 17.9 Å². The number of nitrogens with one attached hydrogen (secondary N) is 3. The van der Waals surface area contributed by atoms with Crippen molar-refractivity contribution in [1.82, 2.24) is 10.6 Å². The van der Waals surface area contributed by atoms with Crippen molar-refractivity contribution in [3.63, 3.8) is 0 Å². The summed E-state index contributed by atoms with van der Waals surface area (Å²) in [4.78, 5) is 25.8. The van der Waals surface area contributed by atoms with E-state index < -0.39 is 0 Å². The molecule has 5 nitrogen and oxygen atoms in total. The fourth-order valence-electron chi connectivity index (χ4n) is 3.89. The zero-order valence-electron chi connectivity index (χ0n) is 15.2. The van der Waals surface area contributed by atoms with Crippen molar-refractivity contribution in [2.24, 2.45) is 0 Å². The fourth-order valence-corrected chi connectivity index (χ4v) is 4.76. The van der Waals surface area contributed by atoms with Gasteiger partial charge in [-0.15, -0.1) is 0 Å². The fraction of sp³-hybridized carbons (Fsp3) is 0.333. The molecule has 0 aliphatic carbocycles. The van der Waals surface area contributed by atoms with Crippen molar-refractivity contribution in [3.8, 4) is 0 Å². The maximum Gasteiger partial charge on any atom is 0.251 e. The lowest BCUT2D eigenvalue weighted by Crippen LogP contribution is -2.42. The molecule has 27 heavy (non-hydrogen) atoms. The van der Waals surface area contributed by atoms with Crippen LogP contribution in [0.4, 0.5) is 5.69 Å². The zero-order valence-corrected chi connectivity index (χ0v) is 16.0. The molecule has 2 saturated heterocycles. The molecule has 0 saturated carbocycles. The largest absolute Gasteiger partial charge is 0.348 e. The zero-order chi connectivity index (χ0) is 18.8. The van der Waals surface area contributed by atoms with E-state index in [1.54, 1.807) is 11.8 Å². The van der Waals surface area contributed by atoms with Gasteiger partial charge in [0, 0.05) is 46.1 Å². The number of carbonyl (C=O) groups excluding carboxylic acids is 2. The Morgan fingerprint density at radius 1 is 1.07 bits per heavy atom. The van der Waals surface area contributed by atoms with Crippen LogP contribution in [0.1, 0.15) is 36.5 Å². The summed E-state index contributed by atoms with van der Waals surface area (Å²) in [5, 5.41) is 9.51. The number of rotatable bonds is 5. The molecule has 2 aliphatic heterocycles. The summed E-state index contributed by atoms with van der Waals surface area (Å²) >= 11 is 1.60. The van der Waals surface area contributed by atoms with E-state index in [2.05, 4.69) is 16.0 Å². The molecule has 0 aromatic heterocycles. The van der Waals surface area contributed by atoms with Crippen molar-refractivity contribution in [2.75, 3.05) is 5.32 Å². The Morgan fingerprint density at radius 3 is 2.56 bits per heavy atom. The topological polar surface area (TPSA) is 70.2 Å². The maximum absolute atomic E-state index is 12.5. The van der Waals surface area contributed by atoms with Crippen LogP contribution in [-0.4, -0.2) is 29.9 Å². The number of fused-ring (bicyclic) bond motifs is 2. The maximum atomic E-state index is 12.5. The van der Waals surface area contributed by atoms with E-state index in [1.807, 2.05) is 48.5 Å². The van der Waals surface area contributed by atoms with Gasteiger partial charge in [0.25, 0.3) is 5.91 Å². The van der Waals surface area contributed by atoms with E-state index >= 15 is 0 Å². The molecule has 2 amide bonds. The third kappa shape index (κ3) is 4.34. The van der Waals surface area contributed by atoms with Crippen LogP contribution in [0, 0.1) is 0 Å². The third-order valence-electron chi connectivity index (χ3n) is 5.12. The minimum Gasteiger partial charge on any atom is -0.348 e. The molecule has 2 aliphatic rings.